The molecule has 0 atom stereocenters. The number of pyridine rings is 2. The standard InChI is InChI=1S/C48H29N5O/c1-2-12-30(13-3-1)51-41-24-22-32(54-31-21-23-37-36-17-8-9-19-40(36)52(42(37)28-31)44-20-10-11-26-49-44)29-43(41)53-47-45-39(25-27-50-47)35-16-5-4-14-33(35)34-15-6-7-18-38(34)46(45)48(51)53/h1-29H. The van der Waals surface area contributed by atoms with Crippen LogP contribution in [0.3, 0.4) is 0 Å². The molecule has 0 saturated carbocycles. The number of para-hydroxylation sites is 2. The minimum Gasteiger partial charge on any atom is -0.457 e. The summed E-state index contributed by atoms with van der Waals surface area (Å²) in [6.07, 6.45) is 3.78. The van der Waals surface area contributed by atoms with Crippen molar-refractivity contribution >= 4 is 49.5 Å². The predicted octanol–water partition coefficient (Wildman–Crippen LogP) is 12.0. The van der Waals surface area contributed by atoms with Crippen LogP contribution in [0.15, 0.2) is 176 Å². The van der Waals surface area contributed by atoms with E-state index in [-0.39, 0.29) is 0 Å². The van der Waals surface area contributed by atoms with Crippen LogP contribution in [-0.2, 0) is 0 Å². The largest absolute Gasteiger partial charge is 0.457 e. The van der Waals surface area contributed by atoms with E-state index >= 15 is 0 Å². The lowest BCUT2D eigenvalue weighted by atomic mass is 9.94. The smallest absolute Gasteiger partial charge is 0.147 e. The third-order valence-corrected chi connectivity index (χ3v) is 10.9. The van der Waals surface area contributed by atoms with E-state index in [2.05, 4.69) is 159 Å². The Kier molecular flexibility index (Phi) is 5.96. The Balaban J connectivity index is 1.12. The molecule has 0 aliphatic heterocycles. The van der Waals surface area contributed by atoms with Gasteiger partial charge in [0.15, 0.2) is 0 Å². The highest BCUT2D eigenvalue weighted by Gasteiger charge is 2.30. The molecule has 0 fully saturated rings. The lowest BCUT2D eigenvalue weighted by molar-refractivity contribution is 0.484. The average Bonchev–Trinajstić information content (AvgIpc) is 3.83. The molecule has 0 saturated heterocycles. The molecule has 6 heteroatoms. The maximum atomic E-state index is 6.77. The number of fused-ring (bicyclic) bond motifs is 13. The molecule has 0 N–H and O–H groups in total. The van der Waals surface area contributed by atoms with Gasteiger partial charge in [-0.3, -0.25) is 13.5 Å². The van der Waals surface area contributed by atoms with Crippen LogP contribution in [0.25, 0.3) is 94.4 Å². The van der Waals surface area contributed by atoms with E-state index in [1.165, 1.54) is 38.8 Å². The van der Waals surface area contributed by atoms with E-state index in [1.54, 1.807) is 0 Å². The fourth-order valence-electron chi connectivity index (χ4n) is 8.77. The number of ether oxygens (including phenoxy) is 1. The van der Waals surface area contributed by atoms with Crippen LogP contribution in [-0.4, -0.2) is 23.5 Å². The van der Waals surface area contributed by atoms with Crippen LogP contribution in [0.4, 0.5) is 0 Å². The molecular weight excluding hydrogens is 663 g/mol. The highest BCUT2D eigenvalue weighted by molar-refractivity contribution is 6.18. The van der Waals surface area contributed by atoms with Crippen LogP contribution >= 0.6 is 0 Å². The lowest BCUT2D eigenvalue weighted by Crippen LogP contribution is -1.96. The summed E-state index contributed by atoms with van der Waals surface area (Å²) in [5.41, 5.74) is 14.5. The summed E-state index contributed by atoms with van der Waals surface area (Å²) < 4.78 is 13.7. The highest BCUT2D eigenvalue weighted by atomic mass is 16.5. The molecule has 252 valence electrons. The molecule has 54 heavy (non-hydrogen) atoms. The molecule has 5 aromatic heterocycles. The van der Waals surface area contributed by atoms with Gasteiger partial charge in [0.25, 0.3) is 0 Å². The molecule has 12 rings (SSSR count). The van der Waals surface area contributed by atoms with Crippen LogP contribution in [0.1, 0.15) is 0 Å². The fraction of sp³-hybridized carbons (Fsp3) is 0. The van der Waals surface area contributed by atoms with E-state index in [0.717, 1.165) is 67.1 Å². The number of nitrogens with zero attached hydrogens (tertiary/aromatic N) is 5. The maximum Gasteiger partial charge on any atom is 0.147 e. The lowest BCUT2D eigenvalue weighted by Gasteiger charge is -2.12. The first-order valence-electron chi connectivity index (χ1n) is 18.2. The van der Waals surface area contributed by atoms with Gasteiger partial charge in [0.1, 0.15) is 28.6 Å². The van der Waals surface area contributed by atoms with E-state index in [1.807, 2.05) is 30.6 Å². The second kappa shape index (κ2) is 11.0. The van der Waals surface area contributed by atoms with Crippen molar-refractivity contribution in [3.8, 4) is 56.4 Å². The van der Waals surface area contributed by atoms with Gasteiger partial charge in [-0.15, -0.1) is 0 Å². The number of hydrogen-bond donors (Lipinski definition) is 0. The van der Waals surface area contributed by atoms with Gasteiger partial charge in [-0.2, -0.15) is 0 Å². The molecule has 1 aliphatic carbocycles. The quantitative estimate of drug-likeness (QED) is 0.185. The first-order chi connectivity index (χ1) is 26.8. The molecule has 11 aromatic rings. The summed E-state index contributed by atoms with van der Waals surface area (Å²) in [6.45, 7) is 0. The summed E-state index contributed by atoms with van der Waals surface area (Å²) in [7, 11) is 0. The van der Waals surface area contributed by atoms with Crippen molar-refractivity contribution < 1.29 is 4.74 Å². The molecule has 5 heterocycles. The first kappa shape index (κ1) is 29.2. The summed E-state index contributed by atoms with van der Waals surface area (Å²) in [5, 5.41) is 3.48. The zero-order valence-corrected chi connectivity index (χ0v) is 28.9. The Bertz CT molecular complexity index is 3300. The minimum absolute atomic E-state index is 0.742. The van der Waals surface area contributed by atoms with Crippen molar-refractivity contribution in [2.24, 2.45) is 0 Å². The Morgan fingerprint density at radius 2 is 1.09 bits per heavy atom. The molecule has 1 aliphatic rings. The summed E-state index contributed by atoms with van der Waals surface area (Å²) in [4.78, 5) is 9.84. The Hall–Kier alpha value is -7.44. The molecule has 0 amide bonds. The van der Waals surface area contributed by atoms with E-state index in [0.29, 0.717) is 0 Å². The van der Waals surface area contributed by atoms with Crippen molar-refractivity contribution in [3.05, 3.63) is 176 Å². The second-order valence-electron chi connectivity index (χ2n) is 13.8. The fourth-order valence-corrected chi connectivity index (χ4v) is 8.77. The number of imidazole rings is 1. The third kappa shape index (κ3) is 3.99. The van der Waals surface area contributed by atoms with Gasteiger partial charge in [-0.05, 0) is 88.5 Å². The van der Waals surface area contributed by atoms with Crippen molar-refractivity contribution in [2.45, 2.75) is 0 Å². The number of rotatable bonds is 4. The van der Waals surface area contributed by atoms with Gasteiger partial charge in [-0.25, -0.2) is 9.97 Å². The van der Waals surface area contributed by atoms with E-state index < -0.39 is 0 Å². The van der Waals surface area contributed by atoms with E-state index in [9.17, 15) is 0 Å². The topological polar surface area (TPSA) is 49.3 Å². The van der Waals surface area contributed by atoms with Gasteiger partial charge in [0.05, 0.1) is 22.1 Å². The number of aromatic nitrogens is 5. The zero-order valence-electron chi connectivity index (χ0n) is 28.9. The molecular formula is C48H29N5O. The number of hydrogen-bond acceptors (Lipinski definition) is 3. The monoisotopic (exact) mass is 691 g/mol. The Morgan fingerprint density at radius 3 is 1.91 bits per heavy atom. The molecule has 6 aromatic carbocycles. The van der Waals surface area contributed by atoms with Gasteiger partial charge in [0, 0.05) is 51.9 Å². The summed E-state index contributed by atoms with van der Waals surface area (Å²) in [5.74, 6) is 2.36. The van der Waals surface area contributed by atoms with Crippen LogP contribution in [0.5, 0.6) is 11.5 Å². The zero-order chi connectivity index (χ0) is 35.3. The highest BCUT2D eigenvalue weighted by Crippen LogP contribution is 2.51. The minimum atomic E-state index is 0.742. The van der Waals surface area contributed by atoms with Gasteiger partial charge in [-0.1, -0.05) is 91.0 Å². The molecule has 6 nitrogen and oxygen atoms in total. The van der Waals surface area contributed by atoms with Crippen LogP contribution in [0, 0.1) is 0 Å². The molecule has 0 bridgehead atoms. The van der Waals surface area contributed by atoms with Crippen LogP contribution in [0.2, 0.25) is 0 Å². The molecule has 0 unspecified atom stereocenters. The van der Waals surface area contributed by atoms with Crippen molar-refractivity contribution in [1.82, 2.24) is 23.5 Å². The maximum absolute atomic E-state index is 6.77. The van der Waals surface area contributed by atoms with Crippen molar-refractivity contribution in [1.29, 1.82) is 0 Å². The van der Waals surface area contributed by atoms with Gasteiger partial charge >= 0.3 is 0 Å². The van der Waals surface area contributed by atoms with Gasteiger partial charge < -0.3 is 4.74 Å². The van der Waals surface area contributed by atoms with Crippen molar-refractivity contribution in [2.75, 3.05) is 0 Å². The third-order valence-electron chi connectivity index (χ3n) is 10.9. The SMILES string of the molecule is c1ccc(-n2c3ccc(Oc4ccc5c6ccccc6n(-c6ccccn6)c5c4)cc3n3c4nccc5c4c(c23)-c2ccccc2-c2ccccc2-5)cc1. The van der Waals surface area contributed by atoms with Gasteiger partial charge in [0.2, 0.25) is 0 Å². The molecule has 0 radical (unpaired) electrons. The Morgan fingerprint density at radius 1 is 0.426 bits per heavy atom. The normalized spacial score (nSPS) is 12.1. The molecule has 0 spiro atoms. The first-order valence-corrected chi connectivity index (χ1v) is 18.2. The summed E-state index contributed by atoms with van der Waals surface area (Å²) in [6, 6.07) is 57.5. The Labute approximate surface area is 309 Å². The summed E-state index contributed by atoms with van der Waals surface area (Å²) >= 11 is 0. The predicted molar refractivity (Wildman–Crippen MR) is 218 cm³/mol. The van der Waals surface area contributed by atoms with E-state index in [4.69, 9.17) is 14.7 Å². The second-order valence-corrected chi connectivity index (χ2v) is 13.8. The number of benzene rings is 6. The van der Waals surface area contributed by atoms with Crippen molar-refractivity contribution in [3.63, 3.8) is 0 Å². The van der Waals surface area contributed by atoms with Crippen LogP contribution < -0.4 is 4.74 Å². The average molecular weight is 692 g/mol.